The van der Waals surface area contributed by atoms with E-state index in [0.717, 1.165) is 38.5 Å². The van der Waals surface area contributed by atoms with E-state index in [2.05, 4.69) is 38.2 Å². The molecule has 0 spiro atoms. The van der Waals surface area contributed by atoms with Crippen LogP contribution in [0.5, 0.6) is 0 Å². The van der Waals surface area contributed by atoms with Crippen molar-refractivity contribution in [2.75, 3.05) is 33.0 Å². The van der Waals surface area contributed by atoms with Crippen LogP contribution < -0.4 is 5.73 Å². The maximum Gasteiger partial charge on any atom is 0.472 e. The Labute approximate surface area is 283 Å². The Kier molecular flexibility index (Phi) is 34.5. The van der Waals surface area contributed by atoms with Crippen molar-refractivity contribution in [1.29, 1.82) is 0 Å². The van der Waals surface area contributed by atoms with E-state index in [4.69, 9.17) is 24.3 Å². The summed E-state index contributed by atoms with van der Waals surface area (Å²) in [6, 6.07) is 0. The largest absolute Gasteiger partial charge is 0.472 e. The molecule has 0 radical (unpaired) electrons. The van der Waals surface area contributed by atoms with Crippen molar-refractivity contribution in [2.24, 2.45) is 5.73 Å². The quantitative estimate of drug-likeness (QED) is 0.0292. The van der Waals surface area contributed by atoms with Gasteiger partial charge >= 0.3 is 13.8 Å². The van der Waals surface area contributed by atoms with Gasteiger partial charge in [0.25, 0.3) is 0 Å². The molecule has 0 fully saturated rings. The van der Waals surface area contributed by atoms with Crippen molar-refractivity contribution in [3.63, 3.8) is 0 Å². The number of carbonyl (C=O) groups excluding carboxylic acids is 1. The van der Waals surface area contributed by atoms with Crippen LogP contribution in [0.3, 0.4) is 0 Å². The molecular weight excluding hydrogens is 601 g/mol. The van der Waals surface area contributed by atoms with E-state index >= 15 is 0 Å². The number of rotatable bonds is 36. The highest BCUT2D eigenvalue weighted by atomic mass is 31.2. The maximum absolute atomic E-state index is 12.5. The van der Waals surface area contributed by atoms with E-state index in [1.807, 2.05) is 0 Å². The van der Waals surface area contributed by atoms with Crippen molar-refractivity contribution < 1.29 is 32.8 Å². The van der Waals surface area contributed by atoms with Crippen molar-refractivity contribution in [3.05, 3.63) is 24.3 Å². The van der Waals surface area contributed by atoms with Crippen LogP contribution in [0.15, 0.2) is 24.3 Å². The van der Waals surface area contributed by atoms with Crippen LogP contribution in [-0.4, -0.2) is 49.9 Å². The molecule has 2 atom stereocenters. The van der Waals surface area contributed by atoms with E-state index in [9.17, 15) is 14.3 Å². The smallest absolute Gasteiger partial charge is 0.457 e. The topological polar surface area (TPSA) is 117 Å². The Balaban J connectivity index is 4.00. The fraction of sp³-hybridized carbons (Fsp3) is 0.865. The molecule has 0 bridgehead atoms. The van der Waals surface area contributed by atoms with Gasteiger partial charge in [-0.25, -0.2) is 4.57 Å². The summed E-state index contributed by atoms with van der Waals surface area (Å²) in [7, 11) is -4.26. The van der Waals surface area contributed by atoms with Crippen LogP contribution in [0, 0.1) is 0 Å². The second-order valence-electron chi connectivity index (χ2n) is 12.4. The van der Waals surface area contributed by atoms with Gasteiger partial charge in [-0.1, -0.05) is 141 Å². The third kappa shape index (κ3) is 34.3. The Hall–Kier alpha value is -1.02. The van der Waals surface area contributed by atoms with Gasteiger partial charge in [-0.3, -0.25) is 13.8 Å². The zero-order valence-corrected chi connectivity index (χ0v) is 30.7. The Bertz CT molecular complexity index is 762. The van der Waals surface area contributed by atoms with Gasteiger partial charge in [0.15, 0.2) is 0 Å². The summed E-state index contributed by atoms with van der Waals surface area (Å²) in [6.07, 6.45) is 36.2. The van der Waals surface area contributed by atoms with E-state index in [1.54, 1.807) is 0 Å². The summed E-state index contributed by atoms with van der Waals surface area (Å²) in [5.41, 5.74) is 5.34. The van der Waals surface area contributed by atoms with Crippen molar-refractivity contribution in [3.8, 4) is 0 Å². The average Bonchev–Trinajstić information content (AvgIpc) is 3.04. The lowest BCUT2D eigenvalue weighted by molar-refractivity contribution is -0.154. The number of allylic oxidation sites excluding steroid dienone is 4. The highest BCUT2D eigenvalue weighted by Gasteiger charge is 2.25. The molecule has 0 aliphatic heterocycles. The number of nitrogens with two attached hydrogens (primary N) is 1. The van der Waals surface area contributed by atoms with E-state index < -0.39 is 13.9 Å². The van der Waals surface area contributed by atoms with Gasteiger partial charge in [-0.05, 0) is 44.9 Å². The fourth-order valence-corrected chi connectivity index (χ4v) is 5.85. The van der Waals surface area contributed by atoms with E-state index in [0.29, 0.717) is 13.0 Å². The first kappa shape index (κ1) is 45.0. The molecule has 0 heterocycles. The molecule has 0 aromatic rings. The van der Waals surface area contributed by atoms with Gasteiger partial charge in [0.2, 0.25) is 0 Å². The predicted octanol–water partition coefficient (Wildman–Crippen LogP) is 10.5. The first-order chi connectivity index (χ1) is 22.4. The van der Waals surface area contributed by atoms with Crippen molar-refractivity contribution >= 4 is 13.8 Å². The summed E-state index contributed by atoms with van der Waals surface area (Å²) >= 11 is 0. The minimum Gasteiger partial charge on any atom is -0.457 e. The zero-order valence-electron chi connectivity index (χ0n) is 29.8. The highest BCUT2D eigenvalue weighted by Crippen LogP contribution is 2.43. The molecule has 2 unspecified atom stereocenters. The van der Waals surface area contributed by atoms with Gasteiger partial charge < -0.3 is 20.1 Å². The van der Waals surface area contributed by atoms with Gasteiger partial charge in [-0.2, -0.15) is 0 Å². The lowest BCUT2D eigenvalue weighted by Gasteiger charge is -2.20. The average molecular weight is 674 g/mol. The Morgan fingerprint density at radius 3 is 1.74 bits per heavy atom. The third-order valence-electron chi connectivity index (χ3n) is 7.87. The number of hydrogen-bond acceptors (Lipinski definition) is 7. The van der Waals surface area contributed by atoms with Crippen LogP contribution in [0.1, 0.15) is 168 Å². The lowest BCUT2D eigenvalue weighted by Crippen LogP contribution is -2.28. The van der Waals surface area contributed by atoms with Gasteiger partial charge in [0.05, 0.1) is 19.8 Å². The molecule has 0 aromatic carbocycles. The van der Waals surface area contributed by atoms with Gasteiger partial charge in [0, 0.05) is 19.6 Å². The van der Waals surface area contributed by atoms with Crippen LogP contribution in [0.4, 0.5) is 0 Å². The molecule has 272 valence electrons. The molecule has 0 aliphatic carbocycles. The highest BCUT2D eigenvalue weighted by molar-refractivity contribution is 7.47. The molecule has 0 aromatic heterocycles. The van der Waals surface area contributed by atoms with Crippen molar-refractivity contribution in [2.45, 2.75) is 174 Å². The number of carbonyl (C=O) groups is 1. The monoisotopic (exact) mass is 674 g/mol. The zero-order chi connectivity index (χ0) is 33.8. The predicted molar refractivity (Wildman–Crippen MR) is 192 cm³/mol. The first-order valence-electron chi connectivity index (χ1n) is 18.8. The van der Waals surface area contributed by atoms with Gasteiger partial charge in [-0.15, -0.1) is 0 Å². The lowest BCUT2D eigenvalue weighted by atomic mass is 10.1. The fourth-order valence-electron chi connectivity index (χ4n) is 5.08. The number of esters is 1. The molecule has 8 nitrogen and oxygen atoms in total. The molecular formula is C37H72NO7P. The molecule has 0 amide bonds. The van der Waals surface area contributed by atoms with E-state index in [-0.39, 0.29) is 32.3 Å². The maximum atomic E-state index is 12.5. The van der Waals surface area contributed by atoms with Crippen molar-refractivity contribution in [1.82, 2.24) is 0 Å². The molecule has 0 saturated heterocycles. The minimum atomic E-state index is -4.26. The minimum absolute atomic E-state index is 0.0949. The second kappa shape index (κ2) is 35.3. The SMILES string of the molecule is CCCCC/C=C\C/C=C\CCCCCCCCCCCC(=O)OC(COCCCCCCCCCC)COP(=O)(O)OCCN. The summed E-state index contributed by atoms with van der Waals surface area (Å²) in [6.45, 7) is 4.87. The standard InChI is InChI=1S/C37H72NO7P/c1-3-5-7-9-11-13-14-15-16-17-18-19-20-21-22-23-24-26-28-30-37(39)45-36(35-44-46(40,41)43-33-31-38)34-42-32-29-27-25-12-10-8-6-4-2/h11,13,15-16,36H,3-10,12,14,17-35,38H2,1-2H3,(H,40,41)/b13-11-,16-15-. The number of hydrogen-bond donors (Lipinski definition) is 2. The Morgan fingerprint density at radius 2 is 1.15 bits per heavy atom. The number of phosphoric ester groups is 1. The Morgan fingerprint density at radius 1 is 0.652 bits per heavy atom. The molecule has 46 heavy (non-hydrogen) atoms. The van der Waals surface area contributed by atoms with Crippen LogP contribution in [-0.2, 0) is 27.9 Å². The summed E-state index contributed by atoms with van der Waals surface area (Å²) in [5.74, 6) is -0.336. The van der Waals surface area contributed by atoms with Gasteiger partial charge in [0.1, 0.15) is 6.10 Å². The summed E-state index contributed by atoms with van der Waals surface area (Å²) in [4.78, 5) is 22.3. The molecule has 3 N–H and O–H groups in total. The van der Waals surface area contributed by atoms with Crippen LogP contribution in [0.2, 0.25) is 0 Å². The number of unbranched alkanes of at least 4 members (excludes halogenated alkanes) is 19. The van der Waals surface area contributed by atoms with E-state index in [1.165, 1.54) is 109 Å². The first-order valence-corrected chi connectivity index (χ1v) is 20.3. The molecule has 9 heteroatoms. The number of ether oxygens (including phenoxy) is 2. The number of phosphoric acid groups is 1. The summed E-state index contributed by atoms with van der Waals surface area (Å²) in [5, 5.41) is 0. The molecule has 0 aliphatic rings. The second-order valence-corrected chi connectivity index (χ2v) is 13.9. The third-order valence-corrected chi connectivity index (χ3v) is 8.86. The molecule has 0 rings (SSSR count). The summed E-state index contributed by atoms with van der Waals surface area (Å²) < 4.78 is 33.2. The normalized spacial score (nSPS) is 13.9. The van der Waals surface area contributed by atoms with Crippen LogP contribution >= 0.6 is 7.82 Å². The van der Waals surface area contributed by atoms with Crippen LogP contribution in [0.25, 0.3) is 0 Å². The molecule has 0 saturated carbocycles.